The summed E-state index contributed by atoms with van der Waals surface area (Å²) in [4.78, 5) is 12.2. The molecule has 0 N–H and O–H groups in total. The fourth-order valence-electron chi connectivity index (χ4n) is 2.10. The lowest BCUT2D eigenvalue weighted by molar-refractivity contribution is 0.0544. The fraction of sp³-hybridized carbons (Fsp3) is 0.400. The maximum Gasteiger partial charge on any atom is 0.419 e. The molecule has 19 heavy (non-hydrogen) atoms. The summed E-state index contributed by atoms with van der Waals surface area (Å²) >= 11 is 3.48. The molecular formula is C15H18BrNO2. The Labute approximate surface area is 121 Å². The van der Waals surface area contributed by atoms with Crippen molar-refractivity contribution < 1.29 is 9.53 Å². The van der Waals surface area contributed by atoms with Gasteiger partial charge in [-0.1, -0.05) is 27.6 Å². The molecule has 0 unspecified atom stereocenters. The minimum Gasteiger partial charge on any atom is -0.443 e. The van der Waals surface area contributed by atoms with E-state index in [9.17, 15) is 4.79 Å². The maximum atomic E-state index is 12.2. The largest absolute Gasteiger partial charge is 0.443 e. The SMILES string of the molecule is Cc1cc(CBr)c2c(ccn2C(=O)OC(C)(C)C)c1. The molecule has 3 nitrogen and oxygen atoms in total. The Morgan fingerprint density at radius 2 is 2.05 bits per heavy atom. The molecule has 2 rings (SSSR count). The maximum absolute atomic E-state index is 12.2. The van der Waals surface area contributed by atoms with Crippen molar-refractivity contribution in [2.24, 2.45) is 0 Å². The highest BCUT2D eigenvalue weighted by molar-refractivity contribution is 9.08. The highest BCUT2D eigenvalue weighted by atomic mass is 79.9. The Balaban J connectivity index is 2.53. The van der Waals surface area contributed by atoms with E-state index >= 15 is 0 Å². The number of alkyl halides is 1. The Morgan fingerprint density at radius 1 is 1.37 bits per heavy atom. The number of benzene rings is 1. The first-order valence-corrected chi connectivity index (χ1v) is 7.34. The van der Waals surface area contributed by atoms with Crippen LogP contribution in [0.5, 0.6) is 0 Å². The highest BCUT2D eigenvalue weighted by Gasteiger charge is 2.20. The monoisotopic (exact) mass is 323 g/mol. The van der Waals surface area contributed by atoms with Gasteiger partial charge in [0.05, 0.1) is 5.52 Å². The third kappa shape index (κ3) is 3.00. The fourth-order valence-corrected chi connectivity index (χ4v) is 2.53. The van der Waals surface area contributed by atoms with E-state index in [2.05, 4.69) is 35.0 Å². The summed E-state index contributed by atoms with van der Waals surface area (Å²) in [6.07, 6.45) is 1.43. The molecule has 1 aromatic carbocycles. The topological polar surface area (TPSA) is 31.2 Å². The zero-order chi connectivity index (χ0) is 14.2. The van der Waals surface area contributed by atoms with Gasteiger partial charge in [-0.15, -0.1) is 0 Å². The van der Waals surface area contributed by atoms with Gasteiger partial charge in [-0.05, 0) is 45.4 Å². The molecule has 0 fully saturated rings. The number of hydrogen-bond acceptors (Lipinski definition) is 2. The van der Waals surface area contributed by atoms with E-state index in [0.29, 0.717) is 5.33 Å². The van der Waals surface area contributed by atoms with Crippen LogP contribution in [0.4, 0.5) is 4.79 Å². The van der Waals surface area contributed by atoms with E-state index in [1.807, 2.05) is 26.8 Å². The minimum atomic E-state index is -0.493. The zero-order valence-corrected chi connectivity index (χ0v) is 13.2. The van der Waals surface area contributed by atoms with Crippen molar-refractivity contribution in [1.82, 2.24) is 4.57 Å². The predicted octanol–water partition coefficient (Wildman–Crippen LogP) is 4.63. The van der Waals surface area contributed by atoms with Crippen molar-refractivity contribution in [3.8, 4) is 0 Å². The van der Waals surface area contributed by atoms with Gasteiger partial charge in [0.15, 0.2) is 0 Å². The number of ether oxygens (including phenoxy) is 1. The second-order valence-electron chi connectivity index (χ2n) is 5.66. The summed E-state index contributed by atoms with van der Waals surface area (Å²) in [6.45, 7) is 7.65. The molecule has 0 radical (unpaired) electrons. The van der Waals surface area contributed by atoms with E-state index in [4.69, 9.17) is 4.74 Å². The molecular weight excluding hydrogens is 306 g/mol. The van der Waals surface area contributed by atoms with Crippen LogP contribution >= 0.6 is 15.9 Å². The molecule has 0 aliphatic heterocycles. The highest BCUT2D eigenvalue weighted by Crippen LogP contribution is 2.25. The lowest BCUT2D eigenvalue weighted by atomic mass is 10.1. The molecule has 0 aliphatic rings. The van der Waals surface area contributed by atoms with Gasteiger partial charge < -0.3 is 4.74 Å². The minimum absolute atomic E-state index is 0.339. The molecule has 102 valence electrons. The second kappa shape index (κ2) is 5.00. The van der Waals surface area contributed by atoms with Gasteiger partial charge in [-0.2, -0.15) is 0 Å². The van der Waals surface area contributed by atoms with Crippen LogP contribution in [0.25, 0.3) is 10.9 Å². The van der Waals surface area contributed by atoms with Crippen molar-refractivity contribution in [1.29, 1.82) is 0 Å². The van der Waals surface area contributed by atoms with Crippen LogP contribution in [-0.2, 0) is 10.1 Å². The molecule has 0 aliphatic carbocycles. The third-order valence-electron chi connectivity index (χ3n) is 2.74. The molecule has 2 aromatic rings. The number of aryl methyl sites for hydroxylation is 1. The van der Waals surface area contributed by atoms with Crippen molar-refractivity contribution in [2.45, 2.75) is 38.6 Å². The number of fused-ring (bicyclic) bond motifs is 1. The Kier molecular flexibility index (Phi) is 3.72. The first-order chi connectivity index (χ1) is 8.81. The van der Waals surface area contributed by atoms with Crippen molar-refractivity contribution in [3.63, 3.8) is 0 Å². The number of carbonyl (C=O) groups excluding carboxylic acids is 1. The molecule has 0 spiro atoms. The Bertz CT molecular complexity index is 623. The van der Waals surface area contributed by atoms with Gasteiger partial charge in [0.25, 0.3) is 0 Å². The molecule has 0 saturated heterocycles. The Morgan fingerprint density at radius 3 is 2.63 bits per heavy atom. The first kappa shape index (κ1) is 14.1. The van der Waals surface area contributed by atoms with Crippen molar-refractivity contribution in [2.75, 3.05) is 0 Å². The van der Waals surface area contributed by atoms with Gasteiger partial charge in [-0.25, -0.2) is 4.79 Å². The smallest absolute Gasteiger partial charge is 0.419 e. The molecule has 0 atom stereocenters. The van der Waals surface area contributed by atoms with Crippen LogP contribution in [0.2, 0.25) is 0 Å². The van der Waals surface area contributed by atoms with Crippen molar-refractivity contribution >= 4 is 32.9 Å². The summed E-state index contributed by atoms with van der Waals surface area (Å²) in [5, 5.41) is 1.76. The number of aromatic nitrogens is 1. The number of hydrogen-bond donors (Lipinski definition) is 0. The molecule has 4 heteroatoms. The molecule has 1 aromatic heterocycles. The summed E-state index contributed by atoms with van der Waals surface area (Å²) in [6, 6.07) is 6.10. The first-order valence-electron chi connectivity index (χ1n) is 6.22. The summed E-state index contributed by atoms with van der Waals surface area (Å²) in [7, 11) is 0. The zero-order valence-electron chi connectivity index (χ0n) is 11.7. The van der Waals surface area contributed by atoms with Gasteiger partial charge in [0, 0.05) is 16.9 Å². The van der Waals surface area contributed by atoms with E-state index in [1.54, 1.807) is 10.8 Å². The van der Waals surface area contributed by atoms with Crippen LogP contribution in [0, 0.1) is 6.92 Å². The quantitative estimate of drug-likeness (QED) is 0.716. The molecule has 1 heterocycles. The number of rotatable bonds is 1. The Hall–Kier alpha value is -1.29. The standard InChI is InChI=1S/C15H18BrNO2/c1-10-7-11-5-6-17(13(11)12(8-10)9-16)14(18)19-15(2,3)4/h5-8H,9H2,1-4H3. The molecule has 0 bridgehead atoms. The van der Waals surface area contributed by atoms with E-state index in [-0.39, 0.29) is 6.09 Å². The van der Waals surface area contributed by atoms with E-state index < -0.39 is 5.60 Å². The third-order valence-corrected chi connectivity index (χ3v) is 3.35. The van der Waals surface area contributed by atoms with E-state index in [0.717, 1.165) is 16.5 Å². The summed E-state index contributed by atoms with van der Waals surface area (Å²) in [5.41, 5.74) is 2.69. The van der Waals surface area contributed by atoms with Crippen LogP contribution in [-0.4, -0.2) is 16.3 Å². The van der Waals surface area contributed by atoms with Crippen LogP contribution in [0.1, 0.15) is 31.9 Å². The summed E-state index contributed by atoms with van der Waals surface area (Å²) < 4.78 is 7.01. The van der Waals surface area contributed by atoms with Gasteiger partial charge >= 0.3 is 6.09 Å². The predicted molar refractivity (Wildman–Crippen MR) is 80.9 cm³/mol. The second-order valence-corrected chi connectivity index (χ2v) is 6.22. The normalized spacial score (nSPS) is 11.8. The molecule has 0 amide bonds. The van der Waals surface area contributed by atoms with Gasteiger partial charge in [0.1, 0.15) is 5.60 Å². The number of halogens is 1. The average molecular weight is 324 g/mol. The van der Waals surface area contributed by atoms with E-state index in [1.165, 1.54) is 5.56 Å². The van der Waals surface area contributed by atoms with Crippen LogP contribution in [0.15, 0.2) is 24.4 Å². The van der Waals surface area contributed by atoms with Gasteiger partial charge in [-0.3, -0.25) is 4.57 Å². The number of nitrogens with zero attached hydrogens (tertiary/aromatic N) is 1. The average Bonchev–Trinajstić information content (AvgIpc) is 2.69. The van der Waals surface area contributed by atoms with Gasteiger partial charge in [0.2, 0.25) is 0 Å². The molecule has 0 saturated carbocycles. The lowest BCUT2D eigenvalue weighted by Gasteiger charge is -2.20. The lowest BCUT2D eigenvalue weighted by Crippen LogP contribution is -2.26. The summed E-state index contributed by atoms with van der Waals surface area (Å²) in [5.74, 6) is 0. The number of carbonyl (C=O) groups is 1. The van der Waals surface area contributed by atoms with Crippen LogP contribution in [0.3, 0.4) is 0 Å². The van der Waals surface area contributed by atoms with Crippen LogP contribution < -0.4 is 0 Å². The van der Waals surface area contributed by atoms with Crippen molar-refractivity contribution in [3.05, 3.63) is 35.5 Å².